The third-order valence-corrected chi connectivity index (χ3v) is 3.25. The van der Waals surface area contributed by atoms with E-state index in [9.17, 15) is 4.39 Å². The number of hydrogen-bond donors (Lipinski definition) is 2. The molecule has 19 heavy (non-hydrogen) atoms. The maximum Gasteiger partial charge on any atom is 0.224 e. The molecule has 1 atom stereocenters. The molecule has 0 saturated carbocycles. The Morgan fingerprint density at radius 3 is 2.84 bits per heavy atom. The Morgan fingerprint density at radius 1 is 1.37 bits per heavy atom. The van der Waals surface area contributed by atoms with Crippen LogP contribution in [-0.4, -0.2) is 17.0 Å². The summed E-state index contributed by atoms with van der Waals surface area (Å²) >= 11 is 3.39. The topological polar surface area (TPSA) is 49.8 Å². The minimum absolute atomic E-state index is 0.0633. The van der Waals surface area contributed by atoms with Crippen molar-refractivity contribution in [3.63, 3.8) is 0 Å². The molecule has 0 bridgehead atoms. The molecule has 4 nitrogen and oxygen atoms in total. The predicted octanol–water partition coefficient (Wildman–Crippen LogP) is 3.59. The molecule has 0 aliphatic heterocycles. The van der Waals surface area contributed by atoms with Gasteiger partial charge in [0, 0.05) is 13.2 Å². The van der Waals surface area contributed by atoms with E-state index in [2.05, 4.69) is 36.5 Å². The zero-order chi connectivity index (χ0) is 13.8. The van der Waals surface area contributed by atoms with Crippen molar-refractivity contribution < 1.29 is 4.39 Å². The van der Waals surface area contributed by atoms with E-state index >= 15 is 0 Å². The number of nitrogens with zero attached hydrogens (tertiary/aromatic N) is 2. The number of halogens is 2. The van der Waals surface area contributed by atoms with Crippen LogP contribution < -0.4 is 10.6 Å². The van der Waals surface area contributed by atoms with Crippen molar-refractivity contribution in [1.29, 1.82) is 0 Å². The third-order valence-electron chi connectivity index (χ3n) is 2.67. The molecule has 0 amide bonds. The number of aromatic nitrogens is 2. The molecule has 1 aromatic carbocycles. The van der Waals surface area contributed by atoms with Gasteiger partial charge in [0.15, 0.2) is 0 Å². The zero-order valence-corrected chi connectivity index (χ0v) is 12.2. The molecule has 0 radical (unpaired) electrons. The van der Waals surface area contributed by atoms with Crippen molar-refractivity contribution >= 4 is 27.7 Å². The van der Waals surface area contributed by atoms with E-state index < -0.39 is 0 Å². The van der Waals surface area contributed by atoms with Gasteiger partial charge in [0.1, 0.15) is 11.6 Å². The Labute approximate surface area is 119 Å². The molecule has 1 aromatic heterocycles. The highest BCUT2D eigenvalue weighted by Gasteiger charge is 2.10. The molecule has 1 unspecified atom stereocenters. The number of rotatable bonds is 4. The molecule has 0 fully saturated rings. The van der Waals surface area contributed by atoms with Gasteiger partial charge in [-0.2, -0.15) is 4.98 Å². The van der Waals surface area contributed by atoms with E-state index in [0.717, 1.165) is 10.0 Å². The standard InChI is InChI=1S/C13H14BrFN4/c1-8(9-4-3-5-10(15)6-9)18-12-11(14)7-17-13(16-2)19-12/h3-8H,1-2H3,(H2,16,17,18,19). The largest absolute Gasteiger partial charge is 0.362 e. The maximum absolute atomic E-state index is 13.2. The lowest BCUT2D eigenvalue weighted by atomic mass is 10.1. The fourth-order valence-corrected chi connectivity index (χ4v) is 1.96. The fourth-order valence-electron chi connectivity index (χ4n) is 1.65. The van der Waals surface area contributed by atoms with E-state index in [1.807, 2.05) is 13.0 Å². The number of nitrogens with one attached hydrogen (secondary N) is 2. The lowest BCUT2D eigenvalue weighted by Crippen LogP contribution is -2.10. The Hall–Kier alpha value is -1.69. The Bertz CT molecular complexity index is 576. The van der Waals surface area contributed by atoms with Crippen LogP contribution in [0.15, 0.2) is 34.9 Å². The van der Waals surface area contributed by atoms with Crippen LogP contribution in [-0.2, 0) is 0 Å². The Balaban J connectivity index is 2.21. The van der Waals surface area contributed by atoms with Crippen LogP contribution >= 0.6 is 15.9 Å². The van der Waals surface area contributed by atoms with Gasteiger partial charge in [-0.05, 0) is 40.5 Å². The van der Waals surface area contributed by atoms with E-state index in [1.165, 1.54) is 12.1 Å². The smallest absolute Gasteiger partial charge is 0.224 e. The molecule has 2 rings (SSSR count). The van der Waals surface area contributed by atoms with Gasteiger partial charge in [0.05, 0.1) is 10.5 Å². The summed E-state index contributed by atoms with van der Waals surface area (Å²) in [4.78, 5) is 8.39. The first-order chi connectivity index (χ1) is 9.10. The summed E-state index contributed by atoms with van der Waals surface area (Å²) in [5.74, 6) is 0.942. The normalized spacial score (nSPS) is 12.0. The predicted molar refractivity (Wildman–Crippen MR) is 77.7 cm³/mol. The average molecular weight is 325 g/mol. The number of hydrogen-bond acceptors (Lipinski definition) is 4. The number of benzene rings is 1. The molecular formula is C13H14BrFN4. The molecule has 100 valence electrons. The first-order valence-corrected chi connectivity index (χ1v) is 6.61. The Morgan fingerprint density at radius 2 is 2.16 bits per heavy atom. The SMILES string of the molecule is CNc1ncc(Br)c(NC(C)c2cccc(F)c2)n1. The van der Waals surface area contributed by atoms with Gasteiger partial charge < -0.3 is 10.6 Å². The van der Waals surface area contributed by atoms with Gasteiger partial charge in [-0.1, -0.05) is 12.1 Å². The Kier molecular flexibility index (Phi) is 4.31. The minimum Gasteiger partial charge on any atom is -0.362 e. The van der Waals surface area contributed by atoms with Crippen molar-refractivity contribution in [2.45, 2.75) is 13.0 Å². The first kappa shape index (κ1) is 13.7. The molecule has 0 aliphatic rings. The highest BCUT2D eigenvalue weighted by atomic mass is 79.9. The summed E-state index contributed by atoms with van der Waals surface area (Å²) in [7, 11) is 1.75. The lowest BCUT2D eigenvalue weighted by molar-refractivity contribution is 0.623. The van der Waals surface area contributed by atoms with Crippen LogP contribution in [0, 0.1) is 5.82 Å². The summed E-state index contributed by atoms with van der Waals surface area (Å²) in [5.41, 5.74) is 0.858. The molecule has 2 aromatic rings. The van der Waals surface area contributed by atoms with Crippen molar-refractivity contribution in [2.75, 3.05) is 17.7 Å². The van der Waals surface area contributed by atoms with Gasteiger partial charge in [-0.3, -0.25) is 0 Å². The zero-order valence-electron chi connectivity index (χ0n) is 10.6. The van der Waals surface area contributed by atoms with E-state index in [4.69, 9.17) is 0 Å². The van der Waals surface area contributed by atoms with Gasteiger partial charge >= 0.3 is 0 Å². The highest BCUT2D eigenvalue weighted by Crippen LogP contribution is 2.25. The monoisotopic (exact) mass is 324 g/mol. The van der Waals surface area contributed by atoms with E-state index in [0.29, 0.717) is 11.8 Å². The molecular weight excluding hydrogens is 311 g/mol. The maximum atomic E-state index is 13.2. The molecule has 0 spiro atoms. The fraction of sp³-hybridized carbons (Fsp3) is 0.231. The second-order valence-electron chi connectivity index (χ2n) is 4.06. The quantitative estimate of drug-likeness (QED) is 0.902. The summed E-state index contributed by atoms with van der Waals surface area (Å²) < 4.78 is 14.0. The van der Waals surface area contributed by atoms with Crippen LogP contribution in [0.1, 0.15) is 18.5 Å². The third kappa shape index (κ3) is 3.41. The van der Waals surface area contributed by atoms with Gasteiger partial charge in [-0.25, -0.2) is 9.37 Å². The molecule has 1 heterocycles. The minimum atomic E-state index is -0.246. The highest BCUT2D eigenvalue weighted by molar-refractivity contribution is 9.10. The first-order valence-electron chi connectivity index (χ1n) is 5.82. The van der Waals surface area contributed by atoms with Crippen molar-refractivity contribution in [3.8, 4) is 0 Å². The second kappa shape index (κ2) is 5.97. The van der Waals surface area contributed by atoms with Crippen molar-refractivity contribution in [1.82, 2.24) is 9.97 Å². The van der Waals surface area contributed by atoms with E-state index in [1.54, 1.807) is 19.3 Å². The summed E-state index contributed by atoms with van der Waals surface area (Å²) in [6, 6.07) is 6.43. The van der Waals surface area contributed by atoms with E-state index in [-0.39, 0.29) is 11.9 Å². The van der Waals surface area contributed by atoms with Crippen LogP contribution in [0.2, 0.25) is 0 Å². The molecule has 2 N–H and O–H groups in total. The van der Waals surface area contributed by atoms with Gasteiger partial charge in [0.2, 0.25) is 5.95 Å². The number of anilines is 2. The molecule has 0 aliphatic carbocycles. The van der Waals surface area contributed by atoms with Gasteiger partial charge in [-0.15, -0.1) is 0 Å². The van der Waals surface area contributed by atoms with Crippen LogP contribution in [0.3, 0.4) is 0 Å². The van der Waals surface area contributed by atoms with Crippen LogP contribution in [0.5, 0.6) is 0 Å². The summed E-state index contributed by atoms with van der Waals surface area (Å²) in [5, 5.41) is 6.10. The van der Waals surface area contributed by atoms with Gasteiger partial charge in [0.25, 0.3) is 0 Å². The van der Waals surface area contributed by atoms with Crippen molar-refractivity contribution in [3.05, 3.63) is 46.3 Å². The second-order valence-corrected chi connectivity index (χ2v) is 4.92. The molecule has 0 saturated heterocycles. The van der Waals surface area contributed by atoms with Crippen LogP contribution in [0.25, 0.3) is 0 Å². The molecule has 6 heteroatoms. The summed E-state index contributed by atoms with van der Waals surface area (Å²) in [6.07, 6.45) is 1.67. The summed E-state index contributed by atoms with van der Waals surface area (Å²) in [6.45, 7) is 1.95. The van der Waals surface area contributed by atoms with Crippen LogP contribution in [0.4, 0.5) is 16.2 Å². The van der Waals surface area contributed by atoms with Crippen molar-refractivity contribution in [2.24, 2.45) is 0 Å². The average Bonchev–Trinajstić information content (AvgIpc) is 2.41. The lowest BCUT2D eigenvalue weighted by Gasteiger charge is -2.16.